The zero-order chi connectivity index (χ0) is 16.5. The normalized spacial score (nSPS) is 17.6. The number of halogens is 1. The maximum Gasteiger partial charge on any atom is 0.347 e. The van der Waals surface area contributed by atoms with Gasteiger partial charge in [-0.25, -0.2) is 8.98 Å². The predicted molar refractivity (Wildman–Crippen MR) is 77.9 cm³/mol. The van der Waals surface area contributed by atoms with Crippen molar-refractivity contribution in [3.63, 3.8) is 0 Å². The average molecular weight is 347 g/mol. The summed E-state index contributed by atoms with van der Waals surface area (Å²) in [7, 11) is -3.25. The molecule has 0 N–H and O–H groups in total. The Balaban J connectivity index is 2.35. The first-order valence-corrected chi connectivity index (χ1v) is 8.33. The Morgan fingerprint density at radius 3 is 2.23 bits per heavy atom. The molecule has 1 atom stereocenters. The molecule has 1 aromatic carbocycles. The van der Waals surface area contributed by atoms with Crippen molar-refractivity contribution in [1.82, 2.24) is 0 Å². The highest BCUT2D eigenvalue weighted by atomic mass is 35.5. The van der Waals surface area contributed by atoms with E-state index in [0.29, 0.717) is 17.9 Å². The minimum atomic E-state index is -4.32. The molecule has 0 heterocycles. The van der Waals surface area contributed by atoms with Gasteiger partial charge in [0.25, 0.3) is 10.1 Å². The largest absolute Gasteiger partial charge is 0.467 e. The Labute approximate surface area is 133 Å². The third-order valence-corrected chi connectivity index (χ3v) is 5.03. The number of methoxy groups -OCH3 is 1. The van der Waals surface area contributed by atoms with E-state index in [1.54, 1.807) is 0 Å². The van der Waals surface area contributed by atoms with Crippen LogP contribution in [0.5, 0.6) is 0 Å². The molecule has 0 aliphatic heterocycles. The van der Waals surface area contributed by atoms with Gasteiger partial charge in [0.15, 0.2) is 5.78 Å². The number of hydrogen-bond donors (Lipinski definition) is 0. The fourth-order valence-electron chi connectivity index (χ4n) is 1.97. The summed E-state index contributed by atoms with van der Waals surface area (Å²) in [6.45, 7) is 1.12. The van der Waals surface area contributed by atoms with Crippen molar-refractivity contribution in [2.75, 3.05) is 7.11 Å². The molecule has 0 amide bonds. The summed E-state index contributed by atoms with van der Waals surface area (Å²) in [5.41, 5.74) is -2.19. The van der Waals surface area contributed by atoms with Gasteiger partial charge in [0.2, 0.25) is 5.60 Å². The maximum atomic E-state index is 12.3. The lowest BCUT2D eigenvalue weighted by molar-refractivity contribution is -0.163. The molecule has 2 rings (SSSR count). The van der Waals surface area contributed by atoms with E-state index in [-0.39, 0.29) is 10.8 Å². The number of rotatable bonds is 6. The van der Waals surface area contributed by atoms with Gasteiger partial charge >= 0.3 is 5.97 Å². The molecule has 22 heavy (non-hydrogen) atoms. The fourth-order valence-corrected chi connectivity index (χ4v) is 3.25. The van der Waals surface area contributed by atoms with Crippen LogP contribution in [0, 0.1) is 5.92 Å². The summed E-state index contributed by atoms with van der Waals surface area (Å²) in [5.74, 6) is -2.00. The second kappa shape index (κ2) is 5.98. The molecule has 0 radical (unpaired) electrons. The van der Waals surface area contributed by atoms with E-state index in [1.165, 1.54) is 24.3 Å². The summed E-state index contributed by atoms with van der Waals surface area (Å²) < 4.78 is 34.1. The lowest BCUT2D eigenvalue weighted by Crippen LogP contribution is -2.49. The first kappa shape index (κ1) is 16.9. The van der Waals surface area contributed by atoms with Crippen LogP contribution in [-0.2, 0) is 28.6 Å². The number of carbonyl (C=O) groups excluding carboxylic acids is 2. The molecule has 120 valence electrons. The lowest BCUT2D eigenvalue weighted by Gasteiger charge is -2.24. The van der Waals surface area contributed by atoms with Gasteiger partial charge in [0.1, 0.15) is 0 Å². The molecular formula is C14H15ClO6S. The van der Waals surface area contributed by atoms with E-state index in [0.717, 1.165) is 14.0 Å². The molecule has 8 heteroatoms. The molecule has 1 unspecified atom stereocenters. The molecular weight excluding hydrogens is 332 g/mol. The zero-order valence-corrected chi connectivity index (χ0v) is 13.6. The van der Waals surface area contributed by atoms with E-state index in [1.807, 2.05) is 0 Å². The maximum absolute atomic E-state index is 12.3. The number of esters is 1. The summed E-state index contributed by atoms with van der Waals surface area (Å²) in [5, 5.41) is 0.351. The van der Waals surface area contributed by atoms with E-state index in [9.17, 15) is 18.0 Å². The highest BCUT2D eigenvalue weighted by molar-refractivity contribution is 7.86. The lowest BCUT2D eigenvalue weighted by atomic mass is 9.98. The summed E-state index contributed by atoms with van der Waals surface area (Å²) in [6, 6.07) is 5.21. The van der Waals surface area contributed by atoms with Crippen LogP contribution in [0.15, 0.2) is 29.2 Å². The SMILES string of the molecule is COC(=O)C(C)(OS(=O)(=O)c1ccc(Cl)cc1)C(=O)C1CC1. The highest BCUT2D eigenvalue weighted by Gasteiger charge is 2.52. The van der Waals surface area contributed by atoms with Gasteiger partial charge in [0, 0.05) is 10.9 Å². The Morgan fingerprint density at radius 1 is 1.23 bits per heavy atom. The van der Waals surface area contributed by atoms with Gasteiger partial charge in [-0.05, 0) is 44.0 Å². The van der Waals surface area contributed by atoms with E-state index in [4.69, 9.17) is 15.8 Å². The Morgan fingerprint density at radius 2 is 1.77 bits per heavy atom. The van der Waals surface area contributed by atoms with Crippen LogP contribution >= 0.6 is 11.6 Å². The first-order valence-electron chi connectivity index (χ1n) is 6.54. The van der Waals surface area contributed by atoms with Crippen molar-refractivity contribution in [2.45, 2.75) is 30.3 Å². The summed E-state index contributed by atoms with van der Waals surface area (Å²) in [6.07, 6.45) is 1.21. The van der Waals surface area contributed by atoms with E-state index >= 15 is 0 Å². The number of ether oxygens (including phenoxy) is 1. The Hall–Kier alpha value is -1.44. The molecule has 0 saturated heterocycles. The molecule has 1 aliphatic rings. The van der Waals surface area contributed by atoms with Crippen LogP contribution in [0.2, 0.25) is 5.02 Å². The third-order valence-electron chi connectivity index (χ3n) is 3.37. The van der Waals surface area contributed by atoms with Crippen LogP contribution in [0.25, 0.3) is 0 Å². The third kappa shape index (κ3) is 3.31. The number of carbonyl (C=O) groups is 2. The predicted octanol–water partition coefficient (Wildman–Crippen LogP) is 1.96. The van der Waals surface area contributed by atoms with Gasteiger partial charge in [0.05, 0.1) is 12.0 Å². The van der Waals surface area contributed by atoms with Crippen molar-refractivity contribution in [2.24, 2.45) is 5.92 Å². The van der Waals surface area contributed by atoms with Gasteiger partial charge in [-0.2, -0.15) is 8.42 Å². The van der Waals surface area contributed by atoms with E-state index < -0.39 is 27.5 Å². The van der Waals surface area contributed by atoms with Crippen molar-refractivity contribution in [3.8, 4) is 0 Å². The van der Waals surface area contributed by atoms with Gasteiger partial charge in [-0.1, -0.05) is 11.6 Å². The molecule has 0 bridgehead atoms. The first-order chi connectivity index (χ1) is 10.2. The second-order valence-corrected chi connectivity index (χ2v) is 7.14. The van der Waals surface area contributed by atoms with Crippen LogP contribution < -0.4 is 0 Å². The molecule has 0 aromatic heterocycles. The monoisotopic (exact) mass is 346 g/mol. The quantitative estimate of drug-likeness (QED) is 0.444. The number of benzene rings is 1. The van der Waals surface area contributed by atoms with Crippen LogP contribution in [0.1, 0.15) is 19.8 Å². The van der Waals surface area contributed by atoms with Crippen LogP contribution in [-0.4, -0.2) is 32.9 Å². The van der Waals surface area contributed by atoms with Crippen molar-refractivity contribution >= 4 is 33.5 Å². The molecule has 1 fully saturated rings. The standard InChI is InChI=1S/C14H15ClO6S/c1-14(13(17)20-2,12(16)9-3-4-9)21-22(18,19)11-7-5-10(15)6-8-11/h5-9H,3-4H2,1-2H3. The fraction of sp³-hybridized carbons (Fsp3) is 0.429. The molecule has 6 nitrogen and oxygen atoms in total. The van der Waals surface area contributed by atoms with Crippen molar-refractivity contribution < 1.29 is 26.9 Å². The molecule has 1 aromatic rings. The zero-order valence-electron chi connectivity index (χ0n) is 12.0. The van der Waals surface area contributed by atoms with Crippen molar-refractivity contribution in [3.05, 3.63) is 29.3 Å². The Bertz CT molecular complexity index is 693. The smallest absolute Gasteiger partial charge is 0.347 e. The average Bonchev–Trinajstić information content (AvgIpc) is 3.30. The molecule has 1 aliphatic carbocycles. The summed E-state index contributed by atoms with van der Waals surface area (Å²) in [4.78, 5) is 24.0. The highest BCUT2D eigenvalue weighted by Crippen LogP contribution is 2.37. The molecule has 1 saturated carbocycles. The number of ketones is 1. The Kier molecular flexibility index (Phi) is 4.60. The topological polar surface area (TPSA) is 86.7 Å². The number of Topliss-reactive ketones (excluding diaryl/α,β-unsaturated/α-hetero) is 1. The molecule has 0 spiro atoms. The minimum absolute atomic E-state index is 0.198. The van der Waals surface area contributed by atoms with Crippen molar-refractivity contribution in [1.29, 1.82) is 0 Å². The van der Waals surface area contributed by atoms with Crippen LogP contribution in [0.4, 0.5) is 0 Å². The van der Waals surface area contributed by atoms with Gasteiger partial charge in [-0.15, -0.1) is 0 Å². The summed E-state index contributed by atoms with van der Waals surface area (Å²) >= 11 is 5.70. The minimum Gasteiger partial charge on any atom is -0.467 e. The van der Waals surface area contributed by atoms with Gasteiger partial charge in [-0.3, -0.25) is 4.79 Å². The van der Waals surface area contributed by atoms with E-state index in [2.05, 4.69) is 4.74 Å². The van der Waals surface area contributed by atoms with Crippen LogP contribution in [0.3, 0.4) is 0 Å². The number of hydrogen-bond acceptors (Lipinski definition) is 6. The van der Waals surface area contributed by atoms with Gasteiger partial charge < -0.3 is 4.74 Å². The second-order valence-electron chi connectivity index (χ2n) is 5.15.